The van der Waals surface area contributed by atoms with E-state index in [2.05, 4.69) is 13.8 Å². The largest absolute Gasteiger partial charge is 0.478 e. The van der Waals surface area contributed by atoms with Crippen LogP contribution in [0.3, 0.4) is 0 Å². The molecule has 0 spiro atoms. The van der Waals surface area contributed by atoms with Crippen LogP contribution in [-0.4, -0.2) is 42.2 Å². The van der Waals surface area contributed by atoms with E-state index in [1.165, 1.54) is 107 Å². The van der Waals surface area contributed by atoms with Crippen molar-refractivity contribution in [2.45, 2.75) is 129 Å². The minimum atomic E-state index is -1.18. The Morgan fingerprint density at radius 2 is 0.980 bits per heavy atom. The molecule has 8 nitrogen and oxygen atoms in total. The normalized spacial score (nSPS) is 11.2. The number of carbonyl (C=O) groups is 4. The number of hydrogen-bond donors (Lipinski definition) is 1. The van der Waals surface area contributed by atoms with Crippen LogP contribution < -0.4 is 4.74 Å². The van der Waals surface area contributed by atoms with Crippen LogP contribution >= 0.6 is 0 Å². The topological polar surface area (TPSA) is 116 Å². The minimum Gasteiger partial charge on any atom is -0.478 e. The predicted octanol–water partition coefficient (Wildman–Crippen LogP) is 10.4. The fourth-order valence-electron chi connectivity index (χ4n) is 5.37. The van der Waals surface area contributed by atoms with E-state index in [1.807, 2.05) is 0 Å². The number of esters is 3. The highest BCUT2D eigenvalue weighted by atomic mass is 16.6. The Morgan fingerprint density at radius 1 is 0.571 bits per heavy atom. The number of ether oxygens (including phenoxy) is 3. The zero-order valence-electron chi connectivity index (χ0n) is 29.8. The lowest BCUT2D eigenvalue weighted by Gasteiger charge is -2.13. The van der Waals surface area contributed by atoms with Gasteiger partial charge in [0.25, 0.3) is 0 Å². The van der Waals surface area contributed by atoms with E-state index >= 15 is 0 Å². The van der Waals surface area contributed by atoms with Gasteiger partial charge in [-0.05, 0) is 54.8 Å². The summed E-state index contributed by atoms with van der Waals surface area (Å²) in [6.45, 7) is 4.96. The first kappa shape index (κ1) is 41.2. The molecule has 0 saturated heterocycles. The molecule has 0 aromatic heterocycles. The van der Waals surface area contributed by atoms with Crippen molar-refractivity contribution in [3.8, 4) is 5.75 Å². The molecule has 0 fully saturated rings. The molecule has 0 saturated carbocycles. The van der Waals surface area contributed by atoms with Crippen molar-refractivity contribution in [2.24, 2.45) is 5.92 Å². The lowest BCUT2D eigenvalue weighted by Crippen LogP contribution is -2.27. The quantitative estimate of drug-likeness (QED) is 0.0429. The molecule has 0 aliphatic carbocycles. The van der Waals surface area contributed by atoms with Crippen molar-refractivity contribution in [3.05, 3.63) is 71.3 Å². The van der Waals surface area contributed by atoms with E-state index in [0.29, 0.717) is 5.56 Å². The maximum atomic E-state index is 13.0. The SMILES string of the molecule is CCCCCCCCCCCOC(=O)C(C=Cc1ccc(C(=O)Oc2ccc(C(=O)O)cc2)cc1)C(=O)OCCCCCCCCCCC. The molecule has 0 amide bonds. The number of unbranched alkanes of at least 4 members (excludes halogenated alkanes) is 16. The second kappa shape index (κ2) is 26.0. The molecule has 270 valence electrons. The van der Waals surface area contributed by atoms with Crippen LogP contribution in [0.4, 0.5) is 0 Å². The van der Waals surface area contributed by atoms with Crippen molar-refractivity contribution in [3.63, 3.8) is 0 Å². The Morgan fingerprint density at radius 3 is 1.41 bits per heavy atom. The van der Waals surface area contributed by atoms with Gasteiger partial charge >= 0.3 is 23.9 Å². The number of carbonyl (C=O) groups excluding carboxylic acids is 3. The summed E-state index contributed by atoms with van der Waals surface area (Å²) in [5.74, 6) is -3.87. The van der Waals surface area contributed by atoms with E-state index in [4.69, 9.17) is 19.3 Å². The molecule has 8 heteroatoms. The number of carboxylic acids is 1. The molecule has 0 radical (unpaired) electrons. The number of hydrogen-bond acceptors (Lipinski definition) is 7. The van der Waals surface area contributed by atoms with Crippen LogP contribution in [0.2, 0.25) is 0 Å². The first-order valence-corrected chi connectivity index (χ1v) is 18.5. The average molecular weight is 679 g/mol. The van der Waals surface area contributed by atoms with Gasteiger partial charge in [0.05, 0.1) is 24.3 Å². The smallest absolute Gasteiger partial charge is 0.343 e. The third-order valence-electron chi connectivity index (χ3n) is 8.43. The molecule has 2 aromatic carbocycles. The molecular weight excluding hydrogens is 620 g/mol. The molecule has 1 N–H and O–H groups in total. The van der Waals surface area contributed by atoms with E-state index < -0.39 is 29.8 Å². The third kappa shape index (κ3) is 18.4. The van der Waals surface area contributed by atoms with Crippen molar-refractivity contribution in [2.75, 3.05) is 13.2 Å². The monoisotopic (exact) mass is 678 g/mol. The highest BCUT2D eigenvalue weighted by molar-refractivity contribution is 5.98. The Labute approximate surface area is 293 Å². The van der Waals surface area contributed by atoms with E-state index in [0.717, 1.165) is 38.5 Å². The van der Waals surface area contributed by atoms with Gasteiger partial charge in [0.15, 0.2) is 5.92 Å². The van der Waals surface area contributed by atoms with Gasteiger partial charge in [0.1, 0.15) is 5.75 Å². The number of rotatable bonds is 27. The van der Waals surface area contributed by atoms with Gasteiger partial charge in [-0.1, -0.05) is 141 Å². The number of benzene rings is 2. The van der Waals surface area contributed by atoms with Crippen molar-refractivity contribution < 1.29 is 38.5 Å². The highest BCUT2D eigenvalue weighted by Gasteiger charge is 2.27. The molecule has 0 aliphatic rings. The fraction of sp³-hybridized carbons (Fsp3) is 0.561. The summed E-state index contributed by atoms with van der Waals surface area (Å²) >= 11 is 0. The maximum absolute atomic E-state index is 13.0. The van der Waals surface area contributed by atoms with E-state index in [9.17, 15) is 19.2 Å². The van der Waals surface area contributed by atoms with Gasteiger partial charge in [-0.15, -0.1) is 0 Å². The van der Waals surface area contributed by atoms with Crippen LogP contribution in [0.25, 0.3) is 6.08 Å². The standard InChI is InChI=1S/C41H58O8/c1-3-5-7-9-11-13-15-17-19-31-47-40(45)37(41(46)48-32-20-18-16-14-12-10-8-6-4-2)30-23-33-21-24-35(25-22-33)39(44)49-36-28-26-34(27-29-36)38(42)43/h21-30,37H,3-20,31-32H2,1-2H3,(H,42,43). The van der Waals surface area contributed by atoms with E-state index in [1.54, 1.807) is 30.3 Å². The fourth-order valence-corrected chi connectivity index (χ4v) is 5.37. The summed E-state index contributed by atoms with van der Waals surface area (Å²) in [5, 5.41) is 9.04. The van der Waals surface area contributed by atoms with Gasteiger partial charge in [-0.25, -0.2) is 9.59 Å². The van der Waals surface area contributed by atoms with Crippen molar-refractivity contribution >= 4 is 30.0 Å². The minimum absolute atomic E-state index is 0.0917. The zero-order valence-corrected chi connectivity index (χ0v) is 29.8. The van der Waals surface area contributed by atoms with Crippen molar-refractivity contribution in [1.29, 1.82) is 0 Å². The van der Waals surface area contributed by atoms with Gasteiger partial charge < -0.3 is 19.3 Å². The number of aromatic carboxylic acids is 1. The summed E-state index contributed by atoms with van der Waals surface area (Å²) in [5.41, 5.74) is 1.05. The van der Waals surface area contributed by atoms with Gasteiger partial charge in [0.2, 0.25) is 0 Å². The Kier molecular flexibility index (Phi) is 21.9. The number of carboxylic acid groups (broad SMARTS) is 1. The predicted molar refractivity (Wildman–Crippen MR) is 194 cm³/mol. The van der Waals surface area contributed by atoms with Crippen LogP contribution in [0.1, 0.15) is 156 Å². The van der Waals surface area contributed by atoms with Crippen LogP contribution in [-0.2, 0) is 19.1 Å². The summed E-state index contributed by atoms with van der Waals surface area (Å²) in [6.07, 6.45) is 23.9. The molecule has 49 heavy (non-hydrogen) atoms. The summed E-state index contributed by atoms with van der Waals surface area (Å²) < 4.78 is 16.4. The summed E-state index contributed by atoms with van der Waals surface area (Å²) in [7, 11) is 0. The molecule has 0 aliphatic heterocycles. The van der Waals surface area contributed by atoms with Crippen LogP contribution in [0.15, 0.2) is 54.6 Å². The summed E-state index contributed by atoms with van der Waals surface area (Å²) in [4.78, 5) is 49.7. The lowest BCUT2D eigenvalue weighted by molar-refractivity contribution is -0.159. The van der Waals surface area contributed by atoms with Crippen molar-refractivity contribution in [1.82, 2.24) is 0 Å². The first-order valence-electron chi connectivity index (χ1n) is 18.5. The second-order valence-corrected chi connectivity index (χ2v) is 12.7. The maximum Gasteiger partial charge on any atom is 0.343 e. The Balaban J connectivity index is 1.89. The first-order chi connectivity index (χ1) is 23.8. The van der Waals surface area contributed by atoms with Gasteiger partial charge in [-0.2, -0.15) is 0 Å². The lowest BCUT2D eigenvalue weighted by atomic mass is 10.1. The average Bonchev–Trinajstić information content (AvgIpc) is 3.10. The third-order valence-corrected chi connectivity index (χ3v) is 8.43. The molecule has 2 aromatic rings. The molecule has 0 bridgehead atoms. The zero-order chi connectivity index (χ0) is 35.5. The van der Waals surface area contributed by atoms with Gasteiger partial charge in [-0.3, -0.25) is 9.59 Å². The molecule has 0 atom stereocenters. The summed E-state index contributed by atoms with van der Waals surface area (Å²) in [6, 6.07) is 12.1. The molecule has 2 rings (SSSR count). The van der Waals surface area contributed by atoms with E-state index in [-0.39, 0.29) is 30.1 Å². The van der Waals surface area contributed by atoms with Gasteiger partial charge in [0, 0.05) is 0 Å². The molecule has 0 unspecified atom stereocenters. The van der Waals surface area contributed by atoms with Crippen LogP contribution in [0.5, 0.6) is 5.75 Å². The Bertz CT molecular complexity index is 1210. The highest BCUT2D eigenvalue weighted by Crippen LogP contribution is 2.17. The Hall–Kier alpha value is -3.94. The second-order valence-electron chi connectivity index (χ2n) is 12.7. The van der Waals surface area contributed by atoms with Crippen LogP contribution in [0, 0.1) is 5.92 Å². The molecule has 0 heterocycles. The molecular formula is C41H58O8.